The van der Waals surface area contributed by atoms with Crippen LogP contribution in [0, 0.1) is 10.1 Å². The molecule has 1 aliphatic rings. The second kappa shape index (κ2) is 4.36. The fourth-order valence-electron chi connectivity index (χ4n) is 2.04. The van der Waals surface area contributed by atoms with Gasteiger partial charge in [0.05, 0.1) is 18.1 Å². The minimum absolute atomic E-state index is 0.124. The zero-order chi connectivity index (χ0) is 13.3. The van der Waals surface area contributed by atoms with Crippen LogP contribution in [0.15, 0.2) is 12.1 Å². The molecular formula is C12H15NO5. The number of ether oxygens (including phenoxy) is 3. The van der Waals surface area contributed by atoms with Gasteiger partial charge in [0.2, 0.25) is 11.5 Å². The first-order valence-corrected chi connectivity index (χ1v) is 5.73. The van der Waals surface area contributed by atoms with Crippen molar-refractivity contribution in [2.75, 3.05) is 7.11 Å². The van der Waals surface area contributed by atoms with Gasteiger partial charge in [0.25, 0.3) is 0 Å². The summed E-state index contributed by atoms with van der Waals surface area (Å²) in [4.78, 5) is 10.4. The number of nitro groups is 1. The summed E-state index contributed by atoms with van der Waals surface area (Å²) < 4.78 is 16.3. The molecule has 98 valence electrons. The van der Waals surface area contributed by atoms with Gasteiger partial charge in [0.1, 0.15) is 0 Å². The van der Waals surface area contributed by atoms with E-state index in [0.29, 0.717) is 17.9 Å². The van der Waals surface area contributed by atoms with Crippen LogP contribution in [0.2, 0.25) is 0 Å². The number of methoxy groups -OCH3 is 1. The lowest BCUT2D eigenvalue weighted by Crippen LogP contribution is -2.34. The molecule has 0 fully saturated rings. The summed E-state index contributed by atoms with van der Waals surface area (Å²) in [5.41, 5.74) is -0.124. The standard InChI is InChI=1S/C12H15NO5/c1-4-5-12(2)17-10-6-8(13(14)15)9(16-3)7-11(10)18-12/h6-7H,4-5H2,1-3H3. The van der Waals surface area contributed by atoms with Crippen molar-refractivity contribution in [2.45, 2.75) is 32.5 Å². The second-order valence-electron chi connectivity index (χ2n) is 4.32. The van der Waals surface area contributed by atoms with E-state index < -0.39 is 10.7 Å². The van der Waals surface area contributed by atoms with Gasteiger partial charge in [-0.05, 0) is 6.42 Å². The minimum atomic E-state index is -0.753. The van der Waals surface area contributed by atoms with Crippen molar-refractivity contribution in [1.29, 1.82) is 0 Å². The van der Waals surface area contributed by atoms with Crippen LogP contribution < -0.4 is 14.2 Å². The van der Waals surface area contributed by atoms with E-state index in [9.17, 15) is 10.1 Å². The Morgan fingerprint density at radius 3 is 2.50 bits per heavy atom. The molecule has 1 aromatic rings. The molecule has 6 nitrogen and oxygen atoms in total. The fraction of sp³-hybridized carbons (Fsp3) is 0.500. The van der Waals surface area contributed by atoms with Crippen LogP contribution in [0.1, 0.15) is 26.7 Å². The maximum Gasteiger partial charge on any atom is 0.314 e. The minimum Gasteiger partial charge on any atom is -0.490 e. The summed E-state index contributed by atoms with van der Waals surface area (Å²) in [7, 11) is 1.38. The van der Waals surface area contributed by atoms with Crippen LogP contribution in [0.3, 0.4) is 0 Å². The van der Waals surface area contributed by atoms with Crippen LogP contribution in [-0.4, -0.2) is 17.8 Å². The maximum absolute atomic E-state index is 10.9. The van der Waals surface area contributed by atoms with Gasteiger partial charge in [-0.2, -0.15) is 0 Å². The molecule has 0 N–H and O–H groups in total. The van der Waals surface area contributed by atoms with E-state index in [0.717, 1.165) is 6.42 Å². The number of benzene rings is 1. The molecule has 0 spiro atoms. The number of hydrogen-bond acceptors (Lipinski definition) is 5. The molecule has 1 aromatic carbocycles. The van der Waals surface area contributed by atoms with E-state index in [2.05, 4.69) is 0 Å². The van der Waals surface area contributed by atoms with Gasteiger partial charge >= 0.3 is 5.69 Å². The van der Waals surface area contributed by atoms with E-state index in [-0.39, 0.29) is 11.4 Å². The van der Waals surface area contributed by atoms with Crippen molar-refractivity contribution in [3.05, 3.63) is 22.2 Å². The molecule has 1 aliphatic heterocycles. The average molecular weight is 253 g/mol. The molecule has 1 unspecified atom stereocenters. The van der Waals surface area contributed by atoms with E-state index in [1.165, 1.54) is 19.2 Å². The second-order valence-corrected chi connectivity index (χ2v) is 4.32. The molecule has 6 heteroatoms. The zero-order valence-corrected chi connectivity index (χ0v) is 10.6. The summed E-state index contributed by atoms with van der Waals surface area (Å²) in [6, 6.07) is 2.84. The lowest BCUT2D eigenvalue weighted by atomic mass is 10.2. The SMILES string of the molecule is CCCC1(C)Oc2cc(OC)c([N+](=O)[O-])cc2O1. The van der Waals surface area contributed by atoms with Crippen LogP contribution in [0.4, 0.5) is 5.69 Å². The van der Waals surface area contributed by atoms with E-state index in [1.54, 1.807) is 0 Å². The highest BCUT2D eigenvalue weighted by molar-refractivity contribution is 5.59. The van der Waals surface area contributed by atoms with E-state index >= 15 is 0 Å². The third-order valence-electron chi connectivity index (χ3n) is 2.80. The van der Waals surface area contributed by atoms with Crippen molar-refractivity contribution in [3.63, 3.8) is 0 Å². The Labute approximate surface area is 105 Å². The Morgan fingerprint density at radius 2 is 2.00 bits per heavy atom. The van der Waals surface area contributed by atoms with Crippen LogP contribution in [0.5, 0.6) is 17.2 Å². The molecule has 0 saturated heterocycles. The van der Waals surface area contributed by atoms with Crippen molar-refractivity contribution in [2.24, 2.45) is 0 Å². The summed E-state index contributed by atoms with van der Waals surface area (Å²) in [5.74, 6) is 0.284. The molecular weight excluding hydrogens is 238 g/mol. The Morgan fingerprint density at radius 1 is 1.39 bits per heavy atom. The fourth-order valence-corrected chi connectivity index (χ4v) is 2.04. The zero-order valence-electron chi connectivity index (χ0n) is 10.6. The van der Waals surface area contributed by atoms with Gasteiger partial charge in [-0.1, -0.05) is 6.92 Å². The highest BCUT2D eigenvalue weighted by Gasteiger charge is 2.38. The largest absolute Gasteiger partial charge is 0.490 e. The van der Waals surface area contributed by atoms with E-state index in [4.69, 9.17) is 14.2 Å². The Kier molecular flexibility index (Phi) is 3.02. The first kappa shape index (κ1) is 12.5. The summed E-state index contributed by atoms with van der Waals surface area (Å²) in [6.45, 7) is 3.83. The number of nitrogens with zero attached hydrogens (tertiary/aromatic N) is 1. The smallest absolute Gasteiger partial charge is 0.314 e. The first-order chi connectivity index (χ1) is 8.49. The summed E-state index contributed by atoms with van der Waals surface area (Å²) >= 11 is 0. The van der Waals surface area contributed by atoms with Crippen molar-refractivity contribution >= 4 is 5.69 Å². The normalized spacial score (nSPS) is 20.8. The third-order valence-corrected chi connectivity index (χ3v) is 2.80. The van der Waals surface area contributed by atoms with Gasteiger partial charge in [0.15, 0.2) is 11.5 Å². The number of fused-ring (bicyclic) bond motifs is 1. The lowest BCUT2D eigenvalue weighted by Gasteiger charge is -2.21. The highest BCUT2D eigenvalue weighted by atomic mass is 16.7. The molecule has 0 aliphatic carbocycles. The van der Waals surface area contributed by atoms with Crippen LogP contribution in [-0.2, 0) is 0 Å². The van der Waals surface area contributed by atoms with Gasteiger partial charge in [-0.15, -0.1) is 0 Å². The van der Waals surface area contributed by atoms with E-state index in [1.807, 2.05) is 13.8 Å². The average Bonchev–Trinajstić information content (AvgIpc) is 2.62. The molecule has 0 radical (unpaired) electrons. The highest BCUT2D eigenvalue weighted by Crippen LogP contribution is 2.46. The molecule has 18 heavy (non-hydrogen) atoms. The molecule has 2 rings (SSSR count). The maximum atomic E-state index is 10.9. The molecule has 1 heterocycles. The third kappa shape index (κ3) is 2.05. The van der Waals surface area contributed by atoms with Crippen molar-refractivity contribution in [1.82, 2.24) is 0 Å². The Hall–Kier alpha value is -1.98. The first-order valence-electron chi connectivity index (χ1n) is 5.73. The quantitative estimate of drug-likeness (QED) is 0.609. The number of rotatable bonds is 4. The van der Waals surface area contributed by atoms with Gasteiger partial charge < -0.3 is 14.2 Å². The Bertz CT molecular complexity index is 488. The summed E-state index contributed by atoms with van der Waals surface area (Å²) in [5, 5.41) is 10.9. The lowest BCUT2D eigenvalue weighted by molar-refractivity contribution is -0.385. The van der Waals surface area contributed by atoms with Crippen LogP contribution >= 0.6 is 0 Å². The number of nitro benzene ring substituents is 1. The van der Waals surface area contributed by atoms with Crippen molar-refractivity contribution < 1.29 is 19.1 Å². The Balaban J connectivity index is 2.39. The molecule has 0 bridgehead atoms. The summed E-state index contributed by atoms with van der Waals surface area (Å²) in [6.07, 6.45) is 1.60. The predicted octanol–water partition coefficient (Wildman–Crippen LogP) is 2.89. The van der Waals surface area contributed by atoms with Gasteiger partial charge in [0, 0.05) is 19.4 Å². The molecule has 0 aromatic heterocycles. The van der Waals surface area contributed by atoms with Crippen molar-refractivity contribution in [3.8, 4) is 17.2 Å². The predicted molar refractivity (Wildman–Crippen MR) is 64.2 cm³/mol. The molecule has 0 saturated carbocycles. The van der Waals surface area contributed by atoms with Gasteiger partial charge in [-0.3, -0.25) is 10.1 Å². The van der Waals surface area contributed by atoms with Gasteiger partial charge in [-0.25, -0.2) is 0 Å². The molecule has 1 atom stereocenters. The topological polar surface area (TPSA) is 70.8 Å². The molecule has 0 amide bonds. The van der Waals surface area contributed by atoms with Crippen LogP contribution in [0.25, 0.3) is 0 Å². The number of hydrogen-bond donors (Lipinski definition) is 0. The monoisotopic (exact) mass is 253 g/mol.